The molecule has 1 aromatic carbocycles. The second kappa shape index (κ2) is 9.80. The smallest absolute Gasteiger partial charge is 0.247 e. The average Bonchev–Trinajstić information content (AvgIpc) is 3.15. The summed E-state index contributed by atoms with van der Waals surface area (Å²) < 4.78 is 1.72. The SMILES string of the molecule is CCc1ccc(C2CNCCN2C(=O)C(C)n2cccn2)cc1.Cl.Cl. The number of benzene rings is 1. The summed E-state index contributed by atoms with van der Waals surface area (Å²) in [6.07, 6.45) is 4.58. The van der Waals surface area contributed by atoms with Gasteiger partial charge in [-0.15, -0.1) is 24.8 Å². The first-order chi connectivity index (χ1) is 11.2. The van der Waals surface area contributed by atoms with E-state index in [2.05, 4.69) is 41.6 Å². The molecule has 1 aromatic heterocycles. The Morgan fingerprint density at radius 3 is 2.64 bits per heavy atom. The number of nitrogens with zero attached hydrogens (tertiary/aromatic N) is 3. The Kier molecular flexibility index (Phi) is 8.42. The van der Waals surface area contributed by atoms with Gasteiger partial charge in [-0.05, 0) is 30.5 Å². The molecule has 1 aliphatic heterocycles. The van der Waals surface area contributed by atoms with Crippen LogP contribution in [0.1, 0.15) is 37.1 Å². The van der Waals surface area contributed by atoms with E-state index in [0.717, 1.165) is 26.1 Å². The van der Waals surface area contributed by atoms with E-state index in [1.165, 1.54) is 11.1 Å². The fourth-order valence-corrected chi connectivity index (χ4v) is 3.10. The largest absolute Gasteiger partial charge is 0.331 e. The summed E-state index contributed by atoms with van der Waals surface area (Å²) in [5, 5.41) is 7.61. The molecule has 1 N–H and O–H groups in total. The van der Waals surface area contributed by atoms with E-state index in [-0.39, 0.29) is 42.8 Å². The van der Waals surface area contributed by atoms with Crippen molar-refractivity contribution in [3.63, 3.8) is 0 Å². The molecule has 1 aliphatic rings. The number of amides is 1. The zero-order valence-electron chi connectivity index (χ0n) is 14.6. The molecule has 25 heavy (non-hydrogen) atoms. The van der Waals surface area contributed by atoms with Gasteiger partial charge < -0.3 is 10.2 Å². The maximum Gasteiger partial charge on any atom is 0.247 e. The van der Waals surface area contributed by atoms with Gasteiger partial charge in [0.25, 0.3) is 0 Å². The Balaban J connectivity index is 0.00000156. The minimum Gasteiger partial charge on any atom is -0.331 e. The summed E-state index contributed by atoms with van der Waals surface area (Å²) in [4.78, 5) is 14.9. The van der Waals surface area contributed by atoms with Crippen molar-refractivity contribution in [3.05, 3.63) is 53.9 Å². The van der Waals surface area contributed by atoms with E-state index < -0.39 is 0 Å². The molecule has 2 unspecified atom stereocenters. The number of carbonyl (C=O) groups excluding carboxylic acids is 1. The van der Waals surface area contributed by atoms with Gasteiger partial charge in [0.1, 0.15) is 6.04 Å². The highest BCUT2D eigenvalue weighted by Gasteiger charge is 2.31. The molecule has 1 saturated heterocycles. The van der Waals surface area contributed by atoms with Crippen molar-refractivity contribution in [2.24, 2.45) is 0 Å². The number of hydrogen-bond acceptors (Lipinski definition) is 3. The lowest BCUT2D eigenvalue weighted by atomic mass is 10.00. The Hall–Kier alpha value is -1.56. The molecule has 0 spiro atoms. The molecular weight excluding hydrogens is 359 g/mol. The molecular formula is C18H26Cl2N4O. The maximum atomic E-state index is 12.9. The van der Waals surface area contributed by atoms with Gasteiger partial charge in [-0.25, -0.2) is 0 Å². The number of nitrogens with one attached hydrogen (secondary N) is 1. The second-order valence-electron chi connectivity index (χ2n) is 6.01. The number of halogens is 2. The Morgan fingerprint density at radius 2 is 2.04 bits per heavy atom. The van der Waals surface area contributed by atoms with Crippen LogP contribution in [-0.2, 0) is 11.2 Å². The third-order valence-electron chi connectivity index (χ3n) is 4.58. The van der Waals surface area contributed by atoms with Crippen LogP contribution in [0.2, 0.25) is 0 Å². The van der Waals surface area contributed by atoms with Gasteiger partial charge in [0.05, 0.1) is 6.04 Å². The summed E-state index contributed by atoms with van der Waals surface area (Å²) in [5.74, 6) is 0.125. The zero-order valence-corrected chi connectivity index (χ0v) is 16.2. The molecule has 7 heteroatoms. The van der Waals surface area contributed by atoms with Crippen LogP contribution in [0.4, 0.5) is 0 Å². The second-order valence-corrected chi connectivity index (χ2v) is 6.01. The summed E-state index contributed by atoms with van der Waals surface area (Å²) in [6.45, 7) is 6.42. The van der Waals surface area contributed by atoms with Crippen LogP contribution in [0.25, 0.3) is 0 Å². The molecule has 2 aromatic rings. The Morgan fingerprint density at radius 1 is 1.32 bits per heavy atom. The molecule has 0 saturated carbocycles. The molecule has 2 heterocycles. The fourth-order valence-electron chi connectivity index (χ4n) is 3.10. The normalized spacial score (nSPS) is 18.0. The highest BCUT2D eigenvalue weighted by molar-refractivity contribution is 5.85. The van der Waals surface area contributed by atoms with Gasteiger partial charge in [-0.2, -0.15) is 5.10 Å². The highest BCUT2D eigenvalue weighted by Crippen LogP contribution is 2.25. The van der Waals surface area contributed by atoms with Gasteiger partial charge in [0, 0.05) is 32.0 Å². The zero-order chi connectivity index (χ0) is 16.2. The number of aryl methyl sites for hydroxylation is 1. The van der Waals surface area contributed by atoms with E-state index >= 15 is 0 Å². The van der Waals surface area contributed by atoms with Gasteiger partial charge in [-0.1, -0.05) is 31.2 Å². The third kappa shape index (κ3) is 4.75. The van der Waals surface area contributed by atoms with Gasteiger partial charge in [-0.3, -0.25) is 9.48 Å². The van der Waals surface area contributed by atoms with Crippen LogP contribution >= 0.6 is 24.8 Å². The minimum absolute atomic E-state index is 0. The lowest BCUT2D eigenvalue weighted by Gasteiger charge is -2.38. The maximum absolute atomic E-state index is 12.9. The quantitative estimate of drug-likeness (QED) is 0.880. The average molecular weight is 385 g/mol. The summed E-state index contributed by atoms with van der Waals surface area (Å²) in [5.41, 5.74) is 2.51. The molecule has 0 radical (unpaired) electrons. The predicted octanol–water partition coefficient (Wildman–Crippen LogP) is 3.02. The van der Waals surface area contributed by atoms with Crippen molar-refractivity contribution < 1.29 is 4.79 Å². The van der Waals surface area contributed by atoms with Crippen LogP contribution in [0.3, 0.4) is 0 Å². The lowest BCUT2D eigenvalue weighted by Crippen LogP contribution is -2.50. The molecule has 5 nitrogen and oxygen atoms in total. The van der Waals surface area contributed by atoms with Crippen LogP contribution in [0, 0.1) is 0 Å². The number of hydrogen-bond donors (Lipinski definition) is 1. The van der Waals surface area contributed by atoms with Crippen molar-refractivity contribution >= 4 is 30.7 Å². The lowest BCUT2D eigenvalue weighted by molar-refractivity contribution is -0.138. The molecule has 1 fully saturated rings. The van der Waals surface area contributed by atoms with Gasteiger partial charge in [0.15, 0.2) is 0 Å². The first-order valence-corrected chi connectivity index (χ1v) is 8.30. The van der Waals surface area contributed by atoms with Crippen molar-refractivity contribution in [1.82, 2.24) is 20.0 Å². The van der Waals surface area contributed by atoms with Crippen LogP contribution < -0.4 is 5.32 Å². The number of rotatable bonds is 4. The Labute approximate surface area is 161 Å². The molecule has 3 rings (SSSR count). The topological polar surface area (TPSA) is 50.2 Å². The summed E-state index contributed by atoms with van der Waals surface area (Å²) in [6, 6.07) is 10.3. The molecule has 2 atom stereocenters. The molecule has 0 bridgehead atoms. The van der Waals surface area contributed by atoms with Crippen molar-refractivity contribution in [1.29, 1.82) is 0 Å². The molecule has 138 valence electrons. The van der Waals surface area contributed by atoms with Crippen molar-refractivity contribution in [2.45, 2.75) is 32.4 Å². The fraction of sp³-hybridized carbons (Fsp3) is 0.444. The van der Waals surface area contributed by atoms with E-state index in [1.807, 2.05) is 24.1 Å². The monoisotopic (exact) mass is 384 g/mol. The standard InChI is InChI=1S/C18H24N4O.2ClH/c1-3-15-5-7-16(8-6-15)17-13-19-10-12-21(17)18(23)14(2)22-11-4-9-20-22;;/h4-9,11,14,17,19H,3,10,12-13H2,1-2H3;2*1H. The van der Waals surface area contributed by atoms with Crippen LogP contribution in [-0.4, -0.2) is 40.2 Å². The van der Waals surface area contributed by atoms with Crippen LogP contribution in [0.5, 0.6) is 0 Å². The van der Waals surface area contributed by atoms with Gasteiger partial charge >= 0.3 is 0 Å². The van der Waals surface area contributed by atoms with E-state index in [1.54, 1.807) is 10.9 Å². The van der Waals surface area contributed by atoms with E-state index in [9.17, 15) is 4.79 Å². The predicted molar refractivity (Wildman–Crippen MR) is 105 cm³/mol. The highest BCUT2D eigenvalue weighted by atomic mass is 35.5. The van der Waals surface area contributed by atoms with Gasteiger partial charge in [0.2, 0.25) is 5.91 Å². The molecule has 0 aliphatic carbocycles. The number of piperazine rings is 1. The Bertz CT molecular complexity index is 646. The minimum atomic E-state index is -0.277. The summed E-state index contributed by atoms with van der Waals surface area (Å²) in [7, 11) is 0. The third-order valence-corrected chi connectivity index (χ3v) is 4.58. The van der Waals surface area contributed by atoms with E-state index in [0.29, 0.717) is 0 Å². The van der Waals surface area contributed by atoms with Crippen LogP contribution in [0.15, 0.2) is 42.7 Å². The first kappa shape index (κ1) is 21.5. The van der Waals surface area contributed by atoms with Crippen molar-refractivity contribution in [2.75, 3.05) is 19.6 Å². The number of aromatic nitrogens is 2. The van der Waals surface area contributed by atoms with Crippen molar-refractivity contribution in [3.8, 4) is 0 Å². The number of carbonyl (C=O) groups is 1. The van der Waals surface area contributed by atoms with E-state index in [4.69, 9.17) is 0 Å². The molecule has 1 amide bonds. The summed E-state index contributed by atoms with van der Waals surface area (Å²) >= 11 is 0. The first-order valence-electron chi connectivity index (χ1n) is 8.30.